The van der Waals surface area contributed by atoms with Gasteiger partial charge >= 0.3 is 5.97 Å². The fraction of sp³-hybridized carbons (Fsp3) is 0.467. The summed E-state index contributed by atoms with van der Waals surface area (Å²) >= 11 is 11.8. The molecule has 1 saturated heterocycles. The number of carboxylic acids is 1. The van der Waals surface area contributed by atoms with E-state index in [0.717, 1.165) is 0 Å². The van der Waals surface area contributed by atoms with Crippen molar-refractivity contribution < 1.29 is 14.7 Å². The van der Waals surface area contributed by atoms with Crippen molar-refractivity contribution in [2.24, 2.45) is 5.41 Å². The lowest BCUT2D eigenvalue weighted by Crippen LogP contribution is -2.42. The number of halogens is 2. The van der Waals surface area contributed by atoms with Crippen LogP contribution in [0.2, 0.25) is 10.0 Å². The van der Waals surface area contributed by atoms with E-state index in [0.29, 0.717) is 35.2 Å². The van der Waals surface area contributed by atoms with Gasteiger partial charge in [-0.15, -0.1) is 0 Å². The SMILES string of the molecule is CC(C(=O)Nc1ccc(Cl)c(Cl)c1)N1CCC(C)(C(=O)O)C1. The lowest BCUT2D eigenvalue weighted by atomic mass is 9.90. The van der Waals surface area contributed by atoms with Crippen LogP contribution in [0.15, 0.2) is 18.2 Å². The minimum atomic E-state index is -0.827. The van der Waals surface area contributed by atoms with E-state index in [1.807, 2.05) is 4.90 Å². The number of carbonyl (C=O) groups is 2. The molecule has 0 radical (unpaired) electrons. The zero-order chi connectivity index (χ0) is 16.5. The van der Waals surface area contributed by atoms with E-state index in [9.17, 15) is 14.7 Å². The van der Waals surface area contributed by atoms with Gasteiger partial charge in [0.15, 0.2) is 0 Å². The van der Waals surface area contributed by atoms with Crippen LogP contribution in [0.5, 0.6) is 0 Å². The Morgan fingerprint density at radius 2 is 2.05 bits per heavy atom. The molecule has 7 heteroatoms. The highest BCUT2D eigenvalue weighted by molar-refractivity contribution is 6.42. The van der Waals surface area contributed by atoms with Crippen molar-refractivity contribution in [2.45, 2.75) is 26.3 Å². The van der Waals surface area contributed by atoms with Crippen LogP contribution in [0.1, 0.15) is 20.3 Å². The summed E-state index contributed by atoms with van der Waals surface area (Å²) in [4.78, 5) is 25.4. The van der Waals surface area contributed by atoms with Gasteiger partial charge in [-0.3, -0.25) is 14.5 Å². The van der Waals surface area contributed by atoms with Crippen molar-refractivity contribution in [1.29, 1.82) is 0 Å². The monoisotopic (exact) mass is 344 g/mol. The second-order valence-electron chi connectivity index (χ2n) is 5.88. The second kappa shape index (κ2) is 6.44. The first-order valence-electron chi connectivity index (χ1n) is 6.96. The summed E-state index contributed by atoms with van der Waals surface area (Å²) in [5, 5.41) is 12.8. The summed E-state index contributed by atoms with van der Waals surface area (Å²) < 4.78 is 0. The average molecular weight is 345 g/mol. The van der Waals surface area contributed by atoms with Gasteiger partial charge in [-0.05, 0) is 38.5 Å². The van der Waals surface area contributed by atoms with Gasteiger partial charge in [-0.1, -0.05) is 23.2 Å². The Kier molecular flexibility index (Phi) is 5.00. The van der Waals surface area contributed by atoms with Gasteiger partial charge < -0.3 is 10.4 Å². The van der Waals surface area contributed by atoms with Crippen LogP contribution >= 0.6 is 23.2 Å². The number of likely N-dealkylation sites (tertiary alicyclic amines) is 1. The van der Waals surface area contributed by atoms with Gasteiger partial charge in [0.2, 0.25) is 5.91 Å². The first kappa shape index (κ1) is 17.1. The molecule has 1 aliphatic rings. The number of hydrogen-bond acceptors (Lipinski definition) is 3. The molecule has 1 fully saturated rings. The molecule has 1 aliphatic heterocycles. The normalized spacial score (nSPS) is 23.3. The lowest BCUT2D eigenvalue weighted by molar-refractivity contribution is -0.147. The third-order valence-corrected chi connectivity index (χ3v) is 4.87. The molecule has 2 unspecified atom stereocenters. The minimum Gasteiger partial charge on any atom is -0.481 e. The number of rotatable bonds is 4. The Morgan fingerprint density at radius 1 is 1.36 bits per heavy atom. The molecule has 0 spiro atoms. The maximum absolute atomic E-state index is 12.3. The molecule has 2 rings (SSSR count). The number of carbonyl (C=O) groups excluding carboxylic acids is 1. The fourth-order valence-corrected chi connectivity index (χ4v) is 2.79. The number of anilines is 1. The van der Waals surface area contributed by atoms with Gasteiger partial charge in [0.25, 0.3) is 0 Å². The maximum atomic E-state index is 12.3. The third-order valence-electron chi connectivity index (χ3n) is 4.13. The molecule has 120 valence electrons. The number of nitrogens with one attached hydrogen (secondary N) is 1. The Hall–Kier alpha value is -1.30. The Labute approximate surface area is 139 Å². The summed E-state index contributed by atoms with van der Waals surface area (Å²) in [5.41, 5.74) is -0.232. The first-order chi connectivity index (χ1) is 10.2. The molecule has 1 amide bonds. The highest BCUT2D eigenvalue weighted by Gasteiger charge is 2.42. The molecule has 1 aromatic rings. The number of benzene rings is 1. The van der Waals surface area contributed by atoms with Crippen LogP contribution in [0.3, 0.4) is 0 Å². The molecular weight excluding hydrogens is 327 g/mol. The van der Waals surface area contributed by atoms with Crippen LogP contribution < -0.4 is 5.32 Å². The minimum absolute atomic E-state index is 0.201. The van der Waals surface area contributed by atoms with Crippen molar-refractivity contribution >= 4 is 40.8 Å². The largest absolute Gasteiger partial charge is 0.481 e. The zero-order valence-corrected chi connectivity index (χ0v) is 13.9. The van der Waals surface area contributed by atoms with E-state index >= 15 is 0 Å². The smallest absolute Gasteiger partial charge is 0.310 e. The number of amides is 1. The van der Waals surface area contributed by atoms with Crippen molar-refractivity contribution in [3.63, 3.8) is 0 Å². The highest BCUT2D eigenvalue weighted by Crippen LogP contribution is 2.31. The molecule has 1 heterocycles. The van der Waals surface area contributed by atoms with Crippen molar-refractivity contribution in [3.05, 3.63) is 28.2 Å². The highest BCUT2D eigenvalue weighted by atomic mass is 35.5. The Morgan fingerprint density at radius 3 is 2.59 bits per heavy atom. The van der Waals surface area contributed by atoms with E-state index in [2.05, 4.69) is 5.32 Å². The van der Waals surface area contributed by atoms with E-state index in [1.165, 1.54) is 0 Å². The second-order valence-corrected chi connectivity index (χ2v) is 6.69. The van der Waals surface area contributed by atoms with Crippen LogP contribution in [-0.2, 0) is 9.59 Å². The van der Waals surface area contributed by atoms with Crippen LogP contribution in [0.4, 0.5) is 5.69 Å². The molecule has 22 heavy (non-hydrogen) atoms. The summed E-state index contributed by atoms with van der Waals surface area (Å²) in [6.45, 7) is 4.41. The van der Waals surface area contributed by atoms with Gasteiger partial charge in [0.05, 0.1) is 21.5 Å². The van der Waals surface area contributed by atoms with Crippen molar-refractivity contribution in [2.75, 3.05) is 18.4 Å². The number of hydrogen-bond donors (Lipinski definition) is 2. The zero-order valence-electron chi connectivity index (χ0n) is 12.4. The standard InChI is InChI=1S/C15H18Cl2N2O3/c1-9(19-6-5-15(2,8-19)14(21)22)13(20)18-10-3-4-11(16)12(17)7-10/h3-4,7,9H,5-6,8H2,1-2H3,(H,18,20)(H,21,22). The predicted octanol–water partition coefficient (Wildman–Crippen LogP) is 3.12. The van der Waals surface area contributed by atoms with Gasteiger partial charge in [-0.25, -0.2) is 0 Å². The Bertz CT molecular complexity index is 608. The molecule has 2 atom stereocenters. The fourth-order valence-electron chi connectivity index (χ4n) is 2.49. The number of carboxylic acid groups (broad SMARTS) is 1. The van der Waals surface area contributed by atoms with E-state index < -0.39 is 17.4 Å². The van der Waals surface area contributed by atoms with Crippen LogP contribution in [0, 0.1) is 5.41 Å². The summed E-state index contributed by atoms with van der Waals surface area (Å²) in [7, 11) is 0. The van der Waals surface area contributed by atoms with E-state index in [1.54, 1.807) is 32.0 Å². The maximum Gasteiger partial charge on any atom is 0.310 e. The lowest BCUT2D eigenvalue weighted by Gasteiger charge is -2.25. The molecule has 2 N–H and O–H groups in total. The van der Waals surface area contributed by atoms with Crippen molar-refractivity contribution in [3.8, 4) is 0 Å². The van der Waals surface area contributed by atoms with Crippen LogP contribution in [0.25, 0.3) is 0 Å². The molecular formula is C15H18Cl2N2O3. The molecule has 0 aromatic heterocycles. The first-order valence-corrected chi connectivity index (χ1v) is 7.72. The molecule has 0 bridgehead atoms. The molecule has 0 aliphatic carbocycles. The van der Waals surface area contributed by atoms with Gasteiger partial charge in [0, 0.05) is 18.8 Å². The molecule has 0 saturated carbocycles. The van der Waals surface area contributed by atoms with Gasteiger partial charge in [0.1, 0.15) is 0 Å². The number of aliphatic carboxylic acids is 1. The summed E-state index contributed by atoms with van der Waals surface area (Å²) in [6.07, 6.45) is 0.534. The van der Waals surface area contributed by atoms with E-state index in [-0.39, 0.29) is 5.91 Å². The molecule has 5 nitrogen and oxygen atoms in total. The van der Waals surface area contributed by atoms with Crippen molar-refractivity contribution in [1.82, 2.24) is 4.90 Å². The quantitative estimate of drug-likeness (QED) is 0.880. The molecule has 1 aromatic carbocycles. The van der Waals surface area contributed by atoms with Crippen LogP contribution in [-0.4, -0.2) is 41.0 Å². The Balaban J connectivity index is 2.01. The topological polar surface area (TPSA) is 69.6 Å². The average Bonchev–Trinajstić information content (AvgIpc) is 2.86. The predicted molar refractivity (Wildman–Crippen MR) is 86.5 cm³/mol. The summed E-state index contributed by atoms with van der Waals surface area (Å²) in [5.74, 6) is -1.03. The van der Waals surface area contributed by atoms with E-state index in [4.69, 9.17) is 23.2 Å². The third kappa shape index (κ3) is 3.54. The van der Waals surface area contributed by atoms with Gasteiger partial charge in [-0.2, -0.15) is 0 Å². The number of nitrogens with zero attached hydrogens (tertiary/aromatic N) is 1. The summed E-state index contributed by atoms with van der Waals surface area (Å²) in [6, 6.07) is 4.45.